The Morgan fingerprint density at radius 2 is 1.76 bits per heavy atom. The van der Waals surface area contributed by atoms with E-state index in [4.69, 9.17) is 11.6 Å². The Kier molecular flexibility index (Phi) is 4.47. The van der Waals surface area contributed by atoms with Gasteiger partial charge in [-0.3, -0.25) is 4.79 Å². The van der Waals surface area contributed by atoms with Gasteiger partial charge in [-0.2, -0.15) is 8.78 Å². The smallest absolute Gasteiger partial charge is 0.387 e. The van der Waals surface area contributed by atoms with Gasteiger partial charge in [-0.15, -0.1) is 0 Å². The van der Waals surface area contributed by atoms with Crippen molar-refractivity contribution < 1.29 is 27.1 Å². The fourth-order valence-corrected chi connectivity index (χ4v) is 1.90. The average Bonchev–Trinajstić information content (AvgIpc) is 2.41. The quantitative estimate of drug-likeness (QED) is 0.473. The third-order valence-corrected chi connectivity index (χ3v) is 2.89. The third kappa shape index (κ3) is 3.52. The van der Waals surface area contributed by atoms with Gasteiger partial charge in [-0.25, -0.2) is 8.78 Å². The Balaban J connectivity index is 2.38. The molecule has 0 unspecified atom stereocenters. The fraction of sp³-hybridized carbons (Fsp3) is 0.0714. The standard InChI is InChI=1S/C14H7ClF4O2/c15-10-6-12(17)11(16)5-9(10)13(20)7-2-1-3-8(4-7)21-14(18)19/h1-6,14H. The lowest BCUT2D eigenvalue weighted by atomic mass is 10.0. The van der Waals surface area contributed by atoms with Crippen LogP contribution in [0.15, 0.2) is 36.4 Å². The van der Waals surface area contributed by atoms with E-state index in [1.807, 2.05) is 0 Å². The van der Waals surface area contributed by atoms with Crippen molar-refractivity contribution in [2.75, 3.05) is 0 Å². The van der Waals surface area contributed by atoms with E-state index in [0.29, 0.717) is 12.1 Å². The Morgan fingerprint density at radius 1 is 1.10 bits per heavy atom. The van der Waals surface area contributed by atoms with E-state index in [9.17, 15) is 22.4 Å². The summed E-state index contributed by atoms with van der Waals surface area (Å²) in [5.74, 6) is -3.39. The van der Waals surface area contributed by atoms with Crippen LogP contribution in [0.4, 0.5) is 17.6 Å². The second kappa shape index (κ2) is 6.13. The summed E-state index contributed by atoms with van der Waals surface area (Å²) in [7, 11) is 0. The first-order valence-corrected chi connectivity index (χ1v) is 6.00. The van der Waals surface area contributed by atoms with E-state index in [0.717, 1.165) is 6.07 Å². The van der Waals surface area contributed by atoms with E-state index in [1.165, 1.54) is 18.2 Å². The summed E-state index contributed by atoms with van der Waals surface area (Å²) in [5, 5.41) is -0.279. The van der Waals surface area contributed by atoms with E-state index in [1.54, 1.807) is 0 Å². The lowest BCUT2D eigenvalue weighted by Crippen LogP contribution is -2.06. The molecule has 0 bridgehead atoms. The highest BCUT2D eigenvalue weighted by atomic mass is 35.5. The predicted molar refractivity (Wildman–Crippen MR) is 67.9 cm³/mol. The van der Waals surface area contributed by atoms with Crippen molar-refractivity contribution in [2.45, 2.75) is 6.61 Å². The minimum atomic E-state index is -3.04. The molecule has 0 radical (unpaired) electrons. The Labute approximate surface area is 121 Å². The average molecular weight is 319 g/mol. The molecule has 21 heavy (non-hydrogen) atoms. The van der Waals surface area contributed by atoms with Gasteiger partial charge in [0.25, 0.3) is 0 Å². The topological polar surface area (TPSA) is 26.3 Å². The van der Waals surface area contributed by atoms with Gasteiger partial charge >= 0.3 is 6.61 Å². The van der Waals surface area contributed by atoms with Crippen molar-refractivity contribution in [3.05, 3.63) is 64.2 Å². The number of halogens is 5. The Morgan fingerprint density at radius 3 is 2.43 bits per heavy atom. The van der Waals surface area contributed by atoms with Crippen molar-refractivity contribution in [1.82, 2.24) is 0 Å². The number of hydrogen-bond donors (Lipinski definition) is 0. The number of rotatable bonds is 4. The highest BCUT2D eigenvalue weighted by Crippen LogP contribution is 2.24. The molecule has 7 heteroatoms. The number of carbonyl (C=O) groups is 1. The van der Waals surface area contributed by atoms with Crippen LogP contribution in [-0.4, -0.2) is 12.4 Å². The van der Waals surface area contributed by atoms with Gasteiger partial charge in [0.05, 0.1) is 5.02 Å². The lowest BCUT2D eigenvalue weighted by molar-refractivity contribution is -0.0498. The van der Waals surface area contributed by atoms with Crippen molar-refractivity contribution in [1.29, 1.82) is 0 Å². The van der Waals surface area contributed by atoms with E-state index in [-0.39, 0.29) is 21.9 Å². The summed E-state index contributed by atoms with van der Waals surface area (Å²) in [6, 6.07) is 6.25. The van der Waals surface area contributed by atoms with Gasteiger partial charge in [0, 0.05) is 11.1 Å². The van der Waals surface area contributed by atoms with Crippen LogP contribution in [0, 0.1) is 11.6 Å². The number of hydrogen-bond acceptors (Lipinski definition) is 2. The molecule has 2 rings (SSSR count). The number of carbonyl (C=O) groups excluding carboxylic acids is 1. The Hall–Kier alpha value is -2.08. The van der Waals surface area contributed by atoms with Crippen LogP contribution in [-0.2, 0) is 0 Å². The summed E-state index contributed by atoms with van der Waals surface area (Å²) in [4.78, 5) is 12.2. The van der Waals surface area contributed by atoms with E-state index < -0.39 is 24.0 Å². The molecule has 110 valence electrons. The summed E-state index contributed by atoms with van der Waals surface area (Å²) < 4.78 is 54.5. The molecule has 0 amide bonds. The highest BCUT2D eigenvalue weighted by Gasteiger charge is 2.17. The largest absolute Gasteiger partial charge is 0.435 e. The molecule has 0 saturated carbocycles. The van der Waals surface area contributed by atoms with Crippen molar-refractivity contribution in [3.8, 4) is 5.75 Å². The van der Waals surface area contributed by atoms with Crippen LogP contribution in [0.5, 0.6) is 5.75 Å². The molecule has 2 nitrogen and oxygen atoms in total. The van der Waals surface area contributed by atoms with Crippen molar-refractivity contribution in [3.63, 3.8) is 0 Å². The molecular weight excluding hydrogens is 312 g/mol. The lowest BCUT2D eigenvalue weighted by Gasteiger charge is -2.08. The molecule has 0 aromatic heterocycles. The number of benzene rings is 2. The first-order chi connectivity index (χ1) is 9.88. The predicted octanol–water partition coefficient (Wildman–Crippen LogP) is 4.45. The van der Waals surface area contributed by atoms with Crippen LogP contribution in [0.2, 0.25) is 5.02 Å². The third-order valence-electron chi connectivity index (χ3n) is 2.58. The zero-order valence-corrected chi connectivity index (χ0v) is 11.0. The number of ketones is 1. The Bertz CT molecular complexity index is 689. The summed E-state index contributed by atoms with van der Waals surface area (Å²) in [6.07, 6.45) is 0. The van der Waals surface area contributed by atoms with E-state index in [2.05, 4.69) is 4.74 Å². The maximum atomic E-state index is 13.2. The number of ether oxygens (including phenoxy) is 1. The molecule has 2 aromatic carbocycles. The van der Waals surface area contributed by atoms with Gasteiger partial charge in [0.1, 0.15) is 5.75 Å². The molecule has 0 spiro atoms. The molecule has 0 fully saturated rings. The van der Waals surface area contributed by atoms with Crippen molar-refractivity contribution in [2.24, 2.45) is 0 Å². The first-order valence-electron chi connectivity index (χ1n) is 5.62. The SMILES string of the molecule is O=C(c1cccc(OC(F)F)c1)c1cc(F)c(F)cc1Cl. The van der Waals surface area contributed by atoms with Crippen LogP contribution in [0.25, 0.3) is 0 Å². The van der Waals surface area contributed by atoms with Crippen molar-refractivity contribution >= 4 is 17.4 Å². The molecule has 0 aliphatic carbocycles. The molecule has 0 saturated heterocycles. The van der Waals surface area contributed by atoms with Gasteiger partial charge in [-0.1, -0.05) is 23.7 Å². The maximum absolute atomic E-state index is 13.2. The molecule has 2 aromatic rings. The van der Waals surface area contributed by atoms with Gasteiger partial charge in [-0.05, 0) is 24.3 Å². The molecule has 0 atom stereocenters. The van der Waals surface area contributed by atoms with Crippen LogP contribution in [0.1, 0.15) is 15.9 Å². The zero-order chi connectivity index (χ0) is 15.6. The molecule has 0 aliphatic rings. The van der Waals surface area contributed by atoms with Gasteiger partial charge in [0.2, 0.25) is 0 Å². The molecule has 0 N–H and O–H groups in total. The second-order valence-corrected chi connectivity index (χ2v) is 4.39. The monoisotopic (exact) mass is 318 g/mol. The van der Waals surface area contributed by atoms with Crippen LogP contribution < -0.4 is 4.74 Å². The summed E-state index contributed by atoms with van der Waals surface area (Å²) >= 11 is 5.69. The molecule has 0 aliphatic heterocycles. The van der Waals surface area contributed by atoms with Crippen LogP contribution >= 0.6 is 11.6 Å². The van der Waals surface area contributed by atoms with Crippen LogP contribution in [0.3, 0.4) is 0 Å². The first kappa shape index (κ1) is 15.3. The second-order valence-electron chi connectivity index (χ2n) is 3.98. The number of alkyl halides is 2. The minimum Gasteiger partial charge on any atom is -0.435 e. The maximum Gasteiger partial charge on any atom is 0.387 e. The fourth-order valence-electron chi connectivity index (χ4n) is 1.67. The zero-order valence-electron chi connectivity index (χ0n) is 10.2. The van der Waals surface area contributed by atoms with Gasteiger partial charge in [0.15, 0.2) is 17.4 Å². The normalized spacial score (nSPS) is 10.8. The summed E-state index contributed by atoms with van der Waals surface area (Å²) in [5.41, 5.74) is -0.314. The van der Waals surface area contributed by atoms with E-state index >= 15 is 0 Å². The molecular formula is C14H7ClF4O2. The summed E-state index contributed by atoms with van der Waals surface area (Å²) in [6.45, 7) is -3.04. The molecule has 0 heterocycles. The highest BCUT2D eigenvalue weighted by molar-refractivity contribution is 6.35. The van der Waals surface area contributed by atoms with Gasteiger partial charge < -0.3 is 4.74 Å². The minimum absolute atomic E-state index is 0.0407.